The van der Waals surface area contributed by atoms with Crippen molar-refractivity contribution < 1.29 is 9.47 Å². The van der Waals surface area contributed by atoms with Crippen LogP contribution in [0.5, 0.6) is 0 Å². The summed E-state index contributed by atoms with van der Waals surface area (Å²) < 4.78 is 10.4. The van der Waals surface area contributed by atoms with Crippen LogP contribution in [0.4, 0.5) is 0 Å². The van der Waals surface area contributed by atoms with E-state index in [4.69, 9.17) is 9.47 Å². The fourth-order valence-electron chi connectivity index (χ4n) is 1.59. The van der Waals surface area contributed by atoms with Crippen LogP contribution in [0.3, 0.4) is 0 Å². The minimum Gasteiger partial charge on any atom is -0.355 e. The molecule has 0 spiro atoms. The lowest BCUT2D eigenvalue weighted by atomic mass is 10.1. The second-order valence-corrected chi connectivity index (χ2v) is 4.16. The van der Waals surface area contributed by atoms with Gasteiger partial charge in [0.1, 0.15) is 6.79 Å². The Kier molecular flexibility index (Phi) is 14.3. The predicted molar refractivity (Wildman–Crippen MR) is 69.6 cm³/mol. The van der Waals surface area contributed by atoms with E-state index in [1.54, 1.807) is 6.08 Å². The molecule has 0 saturated heterocycles. The number of hydrogen-bond donors (Lipinski definition) is 0. The van der Waals surface area contributed by atoms with Crippen molar-refractivity contribution in [2.75, 3.05) is 20.0 Å². The number of rotatable bonds is 13. The van der Waals surface area contributed by atoms with Crippen LogP contribution in [-0.2, 0) is 9.47 Å². The van der Waals surface area contributed by atoms with Gasteiger partial charge in [-0.25, -0.2) is 0 Å². The van der Waals surface area contributed by atoms with E-state index in [2.05, 4.69) is 13.5 Å². The molecule has 0 aliphatic heterocycles. The molecule has 0 unspecified atom stereocenters. The van der Waals surface area contributed by atoms with Gasteiger partial charge in [-0.15, -0.1) is 6.58 Å². The normalized spacial score (nSPS) is 10.6. The van der Waals surface area contributed by atoms with E-state index in [0.717, 1.165) is 13.0 Å². The molecular weight excluding hydrogens is 200 g/mol. The Balaban J connectivity index is 2.85. The summed E-state index contributed by atoms with van der Waals surface area (Å²) in [6, 6.07) is 0. The van der Waals surface area contributed by atoms with Gasteiger partial charge in [-0.2, -0.15) is 0 Å². The predicted octanol–water partition coefficient (Wildman–Crippen LogP) is 4.30. The van der Waals surface area contributed by atoms with Crippen LogP contribution in [-0.4, -0.2) is 20.0 Å². The number of unbranched alkanes of at least 4 members (excludes halogenated alkanes) is 7. The monoisotopic (exact) mass is 228 g/mol. The van der Waals surface area contributed by atoms with E-state index >= 15 is 0 Å². The lowest BCUT2D eigenvalue weighted by Crippen LogP contribution is -2.01. The Morgan fingerprint density at radius 1 is 0.875 bits per heavy atom. The topological polar surface area (TPSA) is 18.5 Å². The first-order valence-electron chi connectivity index (χ1n) is 6.68. The third kappa shape index (κ3) is 13.7. The molecule has 0 amide bonds. The molecule has 0 heterocycles. The summed E-state index contributed by atoms with van der Waals surface area (Å²) in [5.74, 6) is 0. The molecule has 0 aromatic heterocycles. The zero-order valence-corrected chi connectivity index (χ0v) is 10.9. The summed E-state index contributed by atoms with van der Waals surface area (Å²) >= 11 is 0. The van der Waals surface area contributed by atoms with Crippen LogP contribution in [0.25, 0.3) is 0 Å². The van der Waals surface area contributed by atoms with E-state index in [1.165, 1.54) is 44.9 Å². The highest BCUT2D eigenvalue weighted by Crippen LogP contribution is 2.08. The van der Waals surface area contributed by atoms with Gasteiger partial charge in [-0.05, 0) is 6.42 Å². The maximum Gasteiger partial charge on any atom is 0.147 e. The lowest BCUT2D eigenvalue weighted by Gasteiger charge is -2.04. The van der Waals surface area contributed by atoms with Crippen LogP contribution < -0.4 is 0 Å². The van der Waals surface area contributed by atoms with Gasteiger partial charge in [0.25, 0.3) is 0 Å². The van der Waals surface area contributed by atoms with Crippen LogP contribution >= 0.6 is 0 Å². The molecule has 0 aliphatic carbocycles. The van der Waals surface area contributed by atoms with Crippen molar-refractivity contribution in [1.29, 1.82) is 0 Å². The zero-order chi connectivity index (χ0) is 11.9. The maximum absolute atomic E-state index is 5.31. The Hall–Kier alpha value is -0.340. The molecule has 2 heteroatoms. The second kappa shape index (κ2) is 14.7. The zero-order valence-electron chi connectivity index (χ0n) is 10.9. The third-order valence-corrected chi connectivity index (χ3v) is 2.54. The van der Waals surface area contributed by atoms with Gasteiger partial charge >= 0.3 is 0 Å². The minimum absolute atomic E-state index is 0.405. The Labute approximate surface area is 101 Å². The molecule has 0 radical (unpaired) electrons. The van der Waals surface area contributed by atoms with Gasteiger partial charge in [-0.1, -0.05) is 57.9 Å². The Morgan fingerprint density at radius 3 is 2.12 bits per heavy atom. The van der Waals surface area contributed by atoms with Crippen molar-refractivity contribution >= 4 is 0 Å². The van der Waals surface area contributed by atoms with Gasteiger partial charge < -0.3 is 9.47 Å². The molecule has 0 bridgehead atoms. The molecule has 0 aliphatic rings. The molecule has 2 nitrogen and oxygen atoms in total. The van der Waals surface area contributed by atoms with E-state index in [0.29, 0.717) is 13.4 Å². The summed E-state index contributed by atoms with van der Waals surface area (Å²) in [5, 5.41) is 0. The summed E-state index contributed by atoms with van der Waals surface area (Å²) in [4.78, 5) is 0. The molecule has 16 heavy (non-hydrogen) atoms. The van der Waals surface area contributed by atoms with Crippen molar-refractivity contribution in [3.63, 3.8) is 0 Å². The Morgan fingerprint density at radius 2 is 1.50 bits per heavy atom. The molecule has 0 saturated carbocycles. The van der Waals surface area contributed by atoms with Gasteiger partial charge in [0.05, 0.1) is 6.61 Å². The van der Waals surface area contributed by atoms with Crippen LogP contribution in [0.1, 0.15) is 58.3 Å². The molecule has 96 valence electrons. The van der Waals surface area contributed by atoms with E-state index < -0.39 is 0 Å². The fourth-order valence-corrected chi connectivity index (χ4v) is 1.59. The quantitative estimate of drug-likeness (QED) is 0.266. The highest BCUT2D eigenvalue weighted by Gasteiger charge is 1.92. The van der Waals surface area contributed by atoms with Gasteiger partial charge in [0.15, 0.2) is 0 Å². The van der Waals surface area contributed by atoms with Gasteiger partial charge in [0.2, 0.25) is 0 Å². The average Bonchev–Trinajstić information content (AvgIpc) is 2.31. The minimum atomic E-state index is 0.405. The van der Waals surface area contributed by atoms with Crippen molar-refractivity contribution in [1.82, 2.24) is 0 Å². The average molecular weight is 228 g/mol. The van der Waals surface area contributed by atoms with Crippen molar-refractivity contribution in [3.8, 4) is 0 Å². The highest BCUT2D eigenvalue weighted by atomic mass is 16.7. The molecule has 0 fully saturated rings. The summed E-state index contributed by atoms with van der Waals surface area (Å²) in [7, 11) is 0. The summed E-state index contributed by atoms with van der Waals surface area (Å²) in [6.45, 7) is 7.64. The number of ether oxygens (including phenoxy) is 2. The molecule has 0 aromatic rings. The lowest BCUT2D eigenvalue weighted by molar-refractivity contribution is -0.0448. The first-order chi connectivity index (χ1) is 7.91. The summed E-state index contributed by atoms with van der Waals surface area (Å²) in [5.41, 5.74) is 0. The first kappa shape index (κ1) is 15.7. The highest BCUT2D eigenvalue weighted by molar-refractivity contribution is 4.62. The number of hydrogen-bond acceptors (Lipinski definition) is 2. The fraction of sp³-hybridized carbons (Fsp3) is 0.857. The van der Waals surface area contributed by atoms with Gasteiger partial charge in [0, 0.05) is 6.61 Å². The third-order valence-electron chi connectivity index (χ3n) is 2.54. The van der Waals surface area contributed by atoms with Crippen LogP contribution in [0, 0.1) is 0 Å². The van der Waals surface area contributed by atoms with Gasteiger partial charge in [-0.3, -0.25) is 0 Å². The van der Waals surface area contributed by atoms with Crippen LogP contribution in [0.2, 0.25) is 0 Å². The smallest absolute Gasteiger partial charge is 0.147 e. The SMILES string of the molecule is C=CCOCOCCCCCCCCCC. The molecule has 0 atom stereocenters. The van der Waals surface area contributed by atoms with Crippen LogP contribution in [0.15, 0.2) is 12.7 Å². The molecule has 0 N–H and O–H groups in total. The maximum atomic E-state index is 5.31. The van der Waals surface area contributed by atoms with Crippen molar-refractivity contribution in [2.24, 2.45) is 0 Å². The Bertz CT molecular complexity index is 135. The first-order valence-corrected chi connectivity index (χ1v) is 6.68. The van der Waals surface area contributed by atoms with Crippen molar-refractivity contribution in [2.45, 2.75) is 58.3 Å². The van der Waals surface area contributed by atoms with E-state index in [9.17, 15) is 0 Å². The standard InChI is InChI=1S/C14H28O2/c1-3-5-6-7-8-9-10-11-13-16-14-15-12-4-2/h4H,2-3,5-14H2,1H3. The molecule has 0 aromatic carbocycles. The summed E-state index contributed by atoms with van der Waals surface area (Å²) in [6.07, 6.45) is 12.4. The largest absolute Gasteiger partial charge is 0.355 e. The molecule has 0 rings (SSSR count). The van der Waals surface area contributed by atoms with Crippen molar-refractivity contribution in [3.05, 3.63) is 12.7 Å². The second-order valence-electron chi connectivity index (χ2n) is 4.16. The van der Waals surface area contributed by atoms with E-state index in [-0.39, 0.29) is 0 Å². The van der Waals surface area contributed by atoms with E-state index in [1.807, 2.05) is 0 Å². The molecular formula is C14H28O2.